The number of rotatable bonds is 2. The van der Waals surface area contributed by atoms with Crippen LogP contribution < -0.4 is 4.74 Å². The number of nitrogens with one attached hydrogen (secondary N) is 1. The van der Waals surface area contributed by atoms with E-state index in [1.165, 1.54) is 5.56 Å². The van der Waals surface area contributed by atoms with E-state index in [0.29, 0.717) is 12.4 Å². The van der Waals surface area contributed by atoms with Crippen LogP contribution in [0.25, 0.3) is 0 Å². The average molecular weight is 190 g/mol. The highest BCUT2D eigenvalue weighted by molar-refractivity contribution is 6.00. The number of nitrogens with zero attached hydrogens (tertiary/aromatic N) is 1. The maximum Gasteiger partial charge on any atom is 0.128 e. The zero-order valence-electron chi connectivity index (χ0n) is 8.50. The van der Waals surface area contributed by atoms with Crippen molar-refractivity contribution in [3.63, 3.8) is 0 Å². The number of hydrogen-bond acceptors (Lipinski definition) is 2. The minimum absolute atomic E-state index is 0.585. The fourth-order valence-electron chi connectivity index (χ4n) is 1.71. The first kappa shape index (κ1) is 9.06. The first-order valence-corrected chi connectivity index (χ1v) is 4.78. The molecule has 0 aromatic heterocycles. The predicted molar refractivity (Wildman–Crippen MR) is 55.9 cm³/mol. The molecule has 1 aromatic carbocycles. The van der Waals surface area contributed by atoms with Crippen LogP contribution in [-0.2, 0) is 6.54 Å². The van der Waals surface area contributed by atoms with Crippen molar-refractivity contribution in [2.75, 3.05) is 13.7 Å². The Bertz CT molecular complexity index is 374. The third-order valence-corrected chi connectivity index (χ3v) is 2.44. The van der Waals surface area contributed by atoms with Gasteiger partial charge in [0.15, 0.2) is 0 Å². The lowest BCUT2D eigenvalue weighted by molar-refractivity contribution is 0.340. The second-order valence-electron chi connectivity index (χ2n) is 3.46. The number of amidine groups is 1. The van der Waals surface area contributed by atoms with Crippen LogP contribution in [0.4, 0.5) is 0 Å². The van der Waals surface area contributed by atoms with Gasteiger partial charge in [0.2, 0.25) is 0 Å². The first-order valence-electron chi connectivity index (χ1n) is 4.78. The molecule has 1 heterocycles. The van der Waals surface area contributed by atoms with Crippen LogP contribution in [0.1, 0.15) is 18.1 Å². The van der Waals surface area contributed by atoms with E-state index in [-0.39, 0.29) is 0 Å². The van der Waals surface area contributed by atoms with Crippen LogP contribution in [-0.4, -0.2) is 24.4 Å². The Balaban J connectivity index is 2.36. The van der Waals surface area contributed by atoms with Gasteiger partial charge in [-0.1, -0.05) is 6.07 Å². The zero-order valence-corrected chi connectivity index (χ0v) is 8.50. The maximum atomic E-state index is 7.84. The van der Waals surface area contributed by atoms with Crippen LogP contribution in [0.15, 0.2) is 18.2 Å². The summed E-state index contributed by atoms with van der Waals surface area (Å²) >= 11 is 0. The van der Waals surface area contributed by atoms with Crippen molar-refractivity contribution in [1.82, 2.24) is 4.90 Å². The summed E-state index contributed by atoms with van der Waals surface area (Å²) in [7, 11) is 1.93. The normalized spacial score (nSPS) is 14.4. The molecule has 1 aromatic rings. The van der Waals surface area contributed by atoms with Gasteiger partial charge in [-0.2, -0.15) is 0 Å². The summed E-state index contributed by atoms with van der Waals surface area (Å²) in [5.74, 6) is 1.44. The highest BCUT2D eigenvalue weighted by Crippen LogP contribution is 2.25. The van der Waals surface area contributed by atoms with Gasteiger partial charge in [-0.05, 0) is 24.6 Å². The second-order valence-corrected chi connectivity index (χ2v) is 3.46. The van der Waals surface area contributed by atoms with E-state index in [1.54, 1.807) is 0 Å². The van der Waals surface area contributed by atoms with Gasteiger partial charge in [0.1, 0.15) is 11.6 Å². The topological polar surface area (TPSA) is 36.3 Å². The molecule has 0 saturated heterocycles. The van der Waals surface area contributed by atoms with Crippen molar-refractivity contribution in [3.8, 4) is 5.75 Å². The van der Waals surface area contributed by atoms with Crippen LogP contribution in [0.3, 0.4) is 0 Å². The first-order chi connectivity index (χ1) is 6.72. The molecule has 1 aliphatic rings. The molecule has 0 aliphatic carbocycles. The summed E-state index contributed by atoms with van der Waals surface area (Å²) in [5, 5.41) is 7.84. The van der Waals surface area contributed by atoms with E-state index in [9.17, 15) is 0 Å². The summed E-state index contributed by atoms with van der Waals surface area (Å²) in [6.07, 6.45) is 0. The fraction of sp³-hybridized carbons (Fsp3) is 0.364. The third kappa shape index (κ3) is 1.35. The number of fused-ring (bicyclic) bond motifs is 1. The molecular weight excluding hydrogens is 176 g/mol. The molecule has 0 bridgehead atoms. The smallest absolute Gasteiger partial charge is 0.128 e. The second kappa shape index (κ2) is 3.33. The number of hydrogen-bond donors (Lipinski definition) is 1. The summed E-state index contributed by atoms with van der Waals surface area (Å²) in [4.78, 5) is 1.93. The van der Waals surface area contributed by atoms with Crippen LogP contribution in [0.2, 0.25) is 0 Å². The molecule has 0 radical (unpaired) electrons. The van der Waals surface area contributed by atoms with Crippen molar-refractivity contribution >= 4 is 5.84 Å². The molecule has 2 rings (SSSR count). The molecule has 3 heteroatoms. The average Bonchev–Trinajstić information content (AvgIpc) is 2.45. The summed E-state index contributed by atoms with van der Waals surface area (Å²) in [5.41, 5.74) is 2.21. The summed E-state index contributed by atoms with van der Waals surface area (Å²) in [6, 6.07) is 5.96. The minimum Gasteiger partial charge on any atom is -0.494 e. The largest absolute Gasteiger partial charge is 0.494 e. The van der Waals surface area contributed by atoms with Crippen molar-refractivity contribution in [3.05, 3.63) is 29.3 Å². The number of ether oxygens (including phenoxy) is 1. The maximum absolute atomic E-state index is 7.84. The van der Waals surface area contributed by atoms with Crippen LogP contribution in [0.5, 0.6) is 5.75 Å². The Morgan fingerprint density at radius 2 is 2.29 bits per heavy atom. The quantitative estimate of drug-likeness (QED) is 0.772. The van der Waals surface area contributed by atoms with E-state index in [2.05, 4.69) is 0 Å². The highest BCUT2D eigenvalue weighted by Gasteiger charge is 2.21. The Morgan fingerprint density at radius 1 is 1.50 bits per heavy atom. The Hall–Kier alpha value is -1.51. The highest BCUT2D eigenvalue weighted by atomic mass is 16.5. The van der Waals surface area contributed by atoms with E-state index in [4.69, 9.17) is 10.1 Å². The van der Waals surface area contributed by atoms with E-state index < -0.39 is 0 Å². The Morgan fingerprint density at radius 3 is 3.00 bits per heavy atom. The van der Waals surface area contributed by atoms with Gasteiger partial charge in [0.05, 0.1) is 6.61 Å². The van der Waals surface area contributed by atoms with Gasteiger partial charge in [0.25, 0.3) is 0 Å². The number of benzene rings is 1. The van der Waals surface area contributed by atoms with Crippen LogP contribution in [0, 0.1) is 5.41 Å². The van der Waals surface area contributed by atoms with Crippen molar-refractivity contribution in [1.29, 1.82) is 5.41 Å². The minimum atomic E-state index is 0.585. The van der Waals surface area contributed by atoms with Crippen molar-refractivity contribution in [2.45, 2.75) is 13.5 Å². The van der Waals surface area contributed by atoms with Gasteiger partial charge in [-0.15, -0.1) is 0 Å². The Labute approximate surface area is 83.8 Å². The summed E-state index contributed by atoms with van der Waals surface area (Å²) < 4.78 is 5.40. The standard InChI is InChI=1S/C11H14N2O/c1-3-14-9-5-4-8-7-13(2)11(12)10(8)6-9/h4-6,12H,3,7H2,1-2H3. The van der Waals surface area contributed by atoms with E-state index >= 15 is 0 Å². The van der Waals surface area contributed by atoms with Crippen molar-refractivity contribution in [2.24, 2.45) is 0 Å². The molecule has 0 saturated carbocycles. The molecule has 0 fully saturated rings. The molecule has 0 amide bonds. The molecule has 14 heavy (non-hydrogen) atoms. The molecule has 1 N–H and O–H groups in total. The molecule has 0 spiro atoms. The zero-order chi connectivity index (χ0) is 10.1. The van der Waals surface area contributed by atoms with Gasteiger partial charge in [-0.25, -0.2) is 0 Å². The molecule has 0 atom stereocenters. The molecule has 74 valence electrons. The molecular formula is C11H14N2O. The predicted octanol–water partition coefficient (Wildman–Crippen LogP) is 1.86. The van der Waals surface area contributed by atoms with Crippen molar-refractivity contribution < 1.29 is 4.74 Å². The van der Waals surface area contributed by atoms with Gasteiger partial charge >= 0.3 is 0 Å². The third-order valence-electron chi connectivity index (χ3n) is 2.44. The van der Waals surface area contributed by atoms with Crippen LogP contribution >= 0.6 is 0 Å². The lowest BCUT2D eigenvalue weighted by atomic mass is 10.1. The lowest BCUT2D eigenvalue weighted by Gasteiger charge is -2.08. The van der Waals surface area contributed by atoms with Gasteiger partial charge < -0.3 is 9.64 Å². The molecule has 3 nitrogen and oxygen atoms in total. The lowest BCUT2D eigenvalue weighted by Crippen LogP contribution is -2.17. The summed E-state index contributed by atoms with van der Waals surface area (Å²) in [6.45, 7) is 3.47. The van der Waals surface area contributed by atoms with Gasteiger partial charge in [0, 0.05) is 19.2 Å². The van der Waals surface area contributed by atoms with E-state index in [0.717, 1.165) is 17.9 Å². The van der Waals surface area contributed by atoms with Gasteiger partial charge in [-0.3, -0.25) is 5.41 Å². The molecule has 0 unspecified atom stereocenters. The SMILES string of the molecule is CCOc1ccc2c(c1)C(=N)N(C)C2. The van der Waals surface area contributed by atoms with E-state index in [1.807, 2.05) is 37.1 Å². The monoisotopic (exact) mass is 190 g/mol. The fourth-order valence-corrected chi connectivity index (χ4v) is 1.71. The Kier molecular flexibility index (Phi) is 2.15. The molecule has 1 aliphatic heterocycles.